The van der Waals surface area contributed by atoms with E-state index in [1.54, 1.807) is 6.92 Å². The highest BCUT2D eigenvalue weighted by atomic mass is 16.5. The molecule has 1 aromatic carbocycles. The van der Waals surface area contributed by atoms with E-state index in [1.807, 2.05) is 31.2 Å². The molecule has 0 spiro atoms. The molecular formula is C16H18O3. The third-order valence-corrected chi connectivity index (χ3v) is 3.58. The van der Waals surface area contributed by atoms with Gasteiger partial charge in [0.25, 0.3) is 0 Å². The minimum Gasteiger partial charge on any atom is -0.481 e. The van der Waals surface area contributed by atoms with Gasteiger partial charge in [-0.3, -0.25) is 4.79 Å². The number of aryl methyl sites for hydroxylation is 1. The summed E-state index contributed by atoms with van der Waals surface area (Å²) in [7, 11) is 0. The maximum absolute atomic E-state index is 11.1. The summed E-state index contributed by atoms with van der Waals surface area (Å²) in [4.78, 5) is 11.1. The molecule has 1 aromatic rings. The molecule has 1 aliphatic rings. The molecule has 1 fully saturated rings. The Morgan fingerprint density at radius 2 is 2.11 bits per heavy atom. The van der Waals surface area contributed by atoms with Crippen molar-refractivity contribution >= 4 is 5.97 Å². The van der Waals surface area contributed by atoms with Gasteiger partial charge in [0.05, 0.1) is 18.1 Å². The molecule has 0 saturated carbocycles. The van der Waals surface area contributed by atoms with E-state index in [2.05, 4.69) is 12.3 Å². The molecule has 3 nitrogen and oxygen atoms in total. The molecule has 3 heteroatoms. The van der Waals surface area contributed by atoms with Gasteiger partial charge in [0.1, 0.15) is 0 Å². The van der Waals surface area contributed by atoms with Crippen molar-refractivity contribution in [3.63, 3.8) is 0 Å². The molecule has 0 amide bonds. The van der Waals surface area contributed by atoms with Crippen molar-refractivity contribution in [2.75, 3.05) is 0 Å². The number of benzene rings is 1. The van der Waals surface area contributed by atoms with Gasteiger partial charge in [-0.2, -0.15) is 0 Å². The first-order chi connectivity index (χ1) is 9.02. The number of ether oxygens (including phenoxy) is 1. The lowest BCUT2D eigenvalue weighted by atomic mass is 9.96. The van der Waals surface area contributed by atoms with Crippen molar-refractivity contribution in [3.05, 3.63) is 53.3 Å². The zero-order valence-electron chi connectivity index (χ0n) is 11.2. The van der Waals surface area contributed by atoms with Gasteiger partial charge < -0.3 is 9.84 Å². The molecule has 0 bridgehead atoms. The molecule has 1 saturated heterocycles. The number of hydrogen-bond acceptors (Lipinski definition) is 2. The molecule has 100 valence electrons. The number of rotatable bonds is 3. The number of carboxylic acids is 1. The molecule has 1 aliphatic heterocycles. The second-order valence-electron chi connectivity index (χ2n) is 4.99. The van der Waals surface area contributed by atoms with Gasteiger partial charge in [-0.1, -0.05) is 36.4 Å². The highest BCUT2D eigenvalue weighted by Crippen LogP contribution is 2.39. The van der Waals surface area contributed by atoms with E-state index < -0.39 is 18.0 Å². The molecular weight excluding hydrogens is 240 g/mol. The summed E-state index contributed by atoms with van der Waals surface area (Å²) in [5, 5.41) is 9.11. The Hall–Kier alpha value is -1.83. The summed E-state index contributed by atoms with van der Waals surface area (Å²) in [5.41, 5.74) is 5.95. The van der Waals surface area contributed by atoms with Crippen LogP contribution in [0.5, 0.6) is 0 Å². The number of hydrogen-bond donors (Lipinski definition) is 1. The van der Waals surface area contributed by atoms with E-state index >= 15 is 0 Å². The fourth-order valence-electron chi connectivity index (χ4n) is 2.32. The Bertz CT molecular complexity index is 523. The summed E-state index contributed by atoms with van der Waals surface area (Å²) in [6.45, 7) is 7.33. The van der Waals surface area contributed by atoms with E-state index in [9.17, 15) is 4.79 Å². The van der Waals surface area contributed by atoms with Crippen LogP contribution < -0.4 is 0 Å². The Morgan fingerprint density at radius 3 is 2.63 bits per heavy atom. The predicted molar refractivity (Wildman–Crippen MR) is 72.9 cm³/mol. The van der Waals surface area contributed by atoms with Crippen molar-refractivity contribution in [2.24, 2.45) is 5.92 Å². The van der Waals surface area contributed by atoms with Crippen molar-refractivity contribution in [1.29, 1.82) is 0 Å². The fraction of sp³-hybridized carbons (Fsp3) is 0.375. The van der Waals surface area contributed by atoms with Gasteiger partial charge in [0.15, 0.2) is 0 Å². The van der Waals surface area contributed by atoms with Crippen molar-refractivity contribution in [1.82, 2.24) is 0 Å². The van der Waals surface area contributed by atoms with Crippen molar-refractivity contribution in [2.45, 2.75) is 32.5 Å². The first kappa shape index (κ1) is 13.6. The minimum atomic E-state index is -0.859. The molecule has 1 heterocycles. The highest BCUT2D eigenvalue weighted by Gasteiger charge is 2.37. The predicted octanol–water partition coefficient (Wildman–Crippen LogP) is 3.26. The van der Waals surface area contributed by atoms with Crippen LogP contribution in [0.2, 0.25) is 0 Å². The van der Waals surface area contributed by atoms with E-state index in [0.29, 0.717) is 6.42 Å². The third-order valence-electron chi connectivity index (χ3n) is 3.58. The molecule has 2 rings (SSSR count). The molecule has 0 radical (unpaired) electrons. The summed E-state index contributed by atoms with van der Waals surface area (Å²) < 4.78 is 5.89. The second-order valence-corrected chi connectivity index (χ2v) is 4.99. The SMILES string of the molecule is C=C=C1CC(c2ccc(C)cc2)OC1C(C)C(=O)O. The Kier molecular flexibility index (Phi) is 3.89. The Balaban J connectivity index is 2.22. The molecule has 0 aromatic heterocycles. The van der Waals surface area contributed by atoms with Gasteiger partial charge in [-0.05, 0) is 19.4 Å². The average Bonchev–Trinajstić information content (AvgIpc) is 2.82. The van der Waals surface area contributed by atoms with Crippen LogP contribution >= 0.6 is 0 Å². The van der Waals surface area contributed by atoms with Crippen LogP contribution in [0.25, 0.3) is 0 Å². The lowest BCUT2D eigenvalue weighted by molar-refractivity contribution is -0.145. The van der Waals surface area contributed by atoms with E-state index in [-0.39, 0.29) is 6.10 Å². The lowest BCUT2D eigenvalue weighted by Gasteiger charge is -2.17. The largest absolute Gasteiger partial charge is 0.481 e. The summed E-state index contributed by atoms with van der Waals surface area (Å²) >= 11 is 0. The smallest absolute Gasteiger partial charge is 0.309 e. The van der Waals surface area contributed by atoms with Crippen LogP contribution in [-0.2, 0) is 9.53 Å². The maximum atomic E-state index is 11.1. The minimum absolute atomic E-state index is 0.100. The molecule has 1 N–H and O–H groups in total. The third kappa shape index (κ3) is 2.78. The standard InChI is InChI=1S/C16H18O3/c1-4-12-9-14(13-7-5-10(2)6-8-13)19-15(12)11(3)16(17)18/h5-8,11,14-15H,1,9H2,2-3H3,(H,17,18). The van der Waals surface area contributed by atoms with Gasteiger partial charge in [-0.25, -0.2) is 0 Å². The quantitative estimate of drug-likeness (QED) is 0.846. The maximum Gasteiger partial charge on any atom is 0.309 e. The van der Waals surface area contributed by atoms with Crippen LogP contribution in [0.15, 0.2) is 42.1 Å². The average molecular weight is 258 g/mol. The van der Waals surface area contributed by atoms with Crippen molar-refractivity contribution < 1.29 is 14.6 Å². The van der Waals surface area contributed by atoms with Gasteiger partial charge in [-0.15, -0.1) is 5.73 Å². The van der Waals surface area contributed by atoms with Crippen LogP contribution in [0.3, 0.4) is 0 Å². The summed E-state index contributed by atoms with van der Waals surface area (Å²) in [6.07, 6.45) is 0.132. The van der Waals surface area contributed by atoms with Crippen molar-refractivity contribution in [3.8, 4) is 0 Å². The van der Waals surface area contributed by atoms with Crippen LogP contribution in [0, 0.1) is 12.8 Å². The zero-order chi connectivity index (χ0) is 14.0. The van der Waals surface area contributed by atoms with Gasteiger partial charge in [0.2, 0.25) is 0 Å². The van der Waals surface area contributed by atoms with Crippen LogP contribution in [-0.4, -0.2) is 17.2 Å². The summed E-state index contributed by atoms with van der Waals surface area (Å²) in [6, 6.07) is 8.11. The van der Waals surface area contributed by atoms with Crippen LogP contribution in [0.4, 0.5) is 0 Å². The topological polar surface area (TPSA) is 46.5 Å². The number of carboxylic acid groups (broad SMARTS) is 1. The molecule has 3 atom stereocenters. The number of carbonyl (C=O) groups is 1. The van der Waals surface area contributed by atoms with Gasteiger partial charge in [0, 0.05) is 12.0 Å². The molecule has 0 aliphatic carbocycles. The molecule has 19 heavy (non-hydrogen) atoms. The lowest BCUT2D eigenvalue weighted by Crippen LogP contribution is -2.26. The zero-order valence-corrected chi connectivity index (χ0v) is 11.2. The molecule has 3 unspecified atom stereocenters. The first-order valence-corrected chi connectivity index (χ1v) is 6.36. The number of aliphatic carboxylic acids is 1. The van der Waals surface area contributed by atoms with E-state index in [1.165, 1.54) is 5.56 Å². The Morgan fingerprint density at radius 1 is 1.47 bits per heavy atom. The normalized spacial score (nSPS) is 24.0. The van der Waals surface area contributed by atoms with E-state index in [0.717, 1.165) is 11.1 Å². The van der Waals surface area contributed by atoms with E-state index in [4.69, 9.17) is 9.84 Å². The van der Waals surface area contributed by atoms with Crippen LogP contribution in [0.1, 0.15) is 30.6 Å². The highest BCUT2D eigenvalue weighted by molar-refractivity contribution is 5.71. The monoisotopic (exact) mass is 258 g/mol. The second kappa shape index (κ2) is 5.43. The fourth-order valence-corrected chi connectivity index (χ4v) is 2.32. The Labute approximate surface area is 113 Å². The van der Waals surface area contributed by atoms with Gasteiger partial charge >= 0.3 is 5.97 Å². The first-order valence-electron chi connectivity index (χ1n) is 6.36. The summed E-state index contributed by atoms with van der Waals surface area (Å²) in [5.74, 6) is -1.44.